The molecule has 0 bridgehead atoms. The molecule has 1 nitrogen and oxygen atoms in total. The summed E-state index contributed by atoms with van der Waals surface area (Å²) < 4.78 is 0. The van der Waals surface area contributed by atoms with E-state index in [1.54, 1.807) is 0 Å². The molecule has 0 heterocycles. The average Bonchev–Trinajstić information content (AvgIpc) is 3.55. The summed E-state index contributed by atoms with van der Waals surface area (Å²) in [7, 11) is 0. The van der Waals surface area contributed by atoms with Crippen LogP contribution in [0.1, 0.15) is 49.9 Å². The Morgan fingerprint density at radius 1 is 0.340 bits per heavy atom. The SMILES string of the molecule is CC1(C)c2cc3cc(N(c4ccccc4)c4ccc5cc6c(cc5c4)C(C)(C)c4c-6ccc5ccccc45)ccc3cc2-c2c1ccc1ccccc21. The molecule has 0 unspecified atom stereocenters. The number of fused-ring (bicyclic) bond motifs is 12. The summed E-state index contributed by atoms with van der Waals surface area (Å²) in [5.41, 5.74) is 14.4. The fourth-order valence-electron chi connectivity index (χ4n) is 9.87. The van der Waals surface area contributed by atoms with Crippen LogP contribution in [0, 0.1) is 0 Å². The van der Waals surface area contributed by atoms with E-state index in [0.29, 0.717) is 0 Å². The van der Waals surface area contributed by atoms with Gasteiger partial charge in [-0.05, 0) is 148 Å². The van der Waals surface area contributed by atoms with Crippen LogP contribution in [0.3, 0.4) is 0 Å². The normalized spacial score (nSPS) is 14.7. The highest BCUT2D eigenvalue weighted by molar-refractivity contribution is 6.06. The van der Waals surface area contributed by atoms with Crippen LogP contribution >= 0.6 is 0 Å². The van der Waals surface area contributed by atoms with Crippen LogP contribution in [-0.4, -0.2) is 0 Å². The van der Waals surface area contributed by atoms with Crippen molar-refractivity contribution in [2.24, 2.45) is 0 Å². The largest absolute Gasteiger partial charge is 0.310 e. The Kier molecular flexibility index (Phi) is 6.14. The van der Waals surface area contributed by atoms with E-state index in [9.17, 15) is 0 Å². The molecule has 2 aliphatic carbocycles. The molecular formula is C52H39N. The van der Waals surface area contributed by atoms with E-state index in [0.717, 1.165) is 17.1 Å². The molecule has 0 aromatic heterocycles. The Morgan fingerprint density at radius 3 is 1.58 bits per heavy atom. The predicted molar refractivity (Wildman–Crippen MR) is 226 cm³/mol. The number of nitrogens with zero attached hydrogens (tertiary/aromatic N) is 1. The summed E-state index contributed by atoms with van der Waals surface area (Å²) in [4.78, 5) is 2.42. The molecule has 0 amide bonds. The van der Waals surface area contributed by atoms with Gasteiger partial charge in [0.2, 0.25) is 0 Å². The summed E-state index contributed by atoms with van der Waals surface area (Å²) in [6.07, 6.45) is 0. The van der Waals surface area contributed by atoms with Gasteiger partial charge >= 0.3 is 0 Å². The second-order valence-corrected chi connectivity index (χ2v) is 16.2. The van der Waals surface area contributed by atoms with Crippen LogP contribution in [0.25, 0.3) is 65.3 Å². The van der Waals surface area contributed by atoms with Gasteiger partial charge in [-0.25, -0.2) is 0 Å². The molecule has 11 rings (SSSR count). The molecule has 0 radical (unpaired) electrons. The minimum absolute atomic E-state index is 0.0870. The molecule has 2 aliphatic rings. The van der Waals surface area contributed by atoms with E-state index in [1.807, 2.05) is 0 Å². The lowest BCUT2D eigenvalue weighted by molar-refractivity contribution is 0.661. The minimum Gasteiger partial charge on any atom is -0.310 e. The molecule has 1 heteroatoms. The van der Waals surface area contributed by atoms with Crippen molar-refractivity contribution < 1.29 is 0 Å². The lowest BCUT2D eigenvalue weighted by Gasteiger charge is -2.27. The van der Waals surface area contributed by atoms with Crippen molar-refractivity contribution in [3.05, 3.63) is 186 Å². The third-order valence-electron chi connectivity index (χ3n) is 12.5. The highest BCUT2D eigenvalue weighted by atomic mass is 15.1. The first kappa shape index (κ1) is 30.4. The third-order valence-corrected chi connectivity index (χ3v) is 12.5. The van der Waals surface area contributed by atoms with E-state index in [1.165, 1.54) is 87.6 Å². The number of para-hydroxylation sites is 1. The van der Waals surface area contributed by atoms with Gasteiger partial charge in [-0.1, -0.05) is 131 Å². The number of benzene rings is 9. The first-order chi connectivity index (χ1) is 25.8. The smallest absolute Gasteiger partial charge is 0.0468 e. The minimum atomic E-state index is -0.104. The monoisotopic (exact) mass is 677 g/mol. The van der Waals surface area contributed by atoms with E-state index >= 15 is 0 Å². The second-order valence-electron chi connectivity index (χ2n) is 16.2. The van der Waals surface area contributed by atoms with Gasteiger partial charge in [-0.15, -0.1) is 0 Å². The van der Waals surface area contributed by atoms with Gasteiger partial charge in [0.05, 0.1) is 0 Å². The van der Waals surface area contributed by atoms with Crippen molar-refractivity contribution in [2.45, 2.75) is 38.5 Å². The zero-order valence-electron chi connectivity index (χ0n) is 30.5. The molecule has 9 aromatic rings. The molecule has 0 saturated heterocycles. The zero-order chi connectivity index (χ0) is 35.6. The van der Waals surface area contributed by atoms with Gasteiger partial charge < -0.3 is 4.90 Å². The van der Waals surface area contributed by atoms with Gasteiger partial charge in [0.25, 0.3) is 0 Å². The Labute approximate surface area is 310 Å². The quantitative estimate of drug-likeness (QED) is 0.180. The Bertz CT molecular complexity index is 3000. The first-order valence-electron chi connectivity index (χ1n) is 18.8. The molecule has 0 aliphatic heterocycles. The molecule has 0 saturated carbocycles. The Balaban J connectivity index is 1.06. The highest BCUT2D eigenvalue weighted by Crippen LogP contribution is 2.54. The molecule has 0 atom stereocenters. The van der Waals surface area contributed by atoms with Crippen LogP contribution in [0.4, 0.5) is 17.1 Å². The molecule has 252 valence electrons. The summed E-state index contributed by atoms with van der Waals surface area (Å²) >= 11 is 0. The summed E-state index contributed by atoms with van der Waals surface area (Å²) in [6.45, 7) is 9.55. The van der Waals surface area contributed by atoms with Crippen molar-refractivity contribution >= 4 is 60.2 Å². The number of hydrogen-bond acceptors (Lipinski definition) is 1. The van der Waals surface area contributed by atoms with Gasteiger partial charge in [0, 0.05) is 27.9 Å². The topological polar surface area (TPSA) is 3.24 Å². The predicted octanol–water partition coefficient (Wildman–Crippen LogP) is 14.4. The van der Waals surface area contributed by atoms with Crippen molar-refractivity contribution in [2.75, 3.05) is 4.90 Å². The molecule has 0 spiro atoms. The molecule has 0 N–H and O–H groups in total. The fraction of sp³-hybridized carbons (Fsp3) is 0.115. The average molecular weight is 678 g/mol. The van der Waals surface area contributed by atoms with Crippen molar-refractivity contribution in [1.29, 1.82) is 0 Å². The molecular weight excluding hydrogens is 639 g/mol. The number of rotatable bonds is 3. The van der Waals surface area contributed by atoms with Crippen molar-refractivity contribution in [3.63, 3.8) is 0 Å². The molecule has 9 aromatic carbocycles. The van der Waals surface area contributed by atoms with E-state index < -0.39 is 0 Å². The van der Waals surface area contributed by atoms with E-state index in [2.05, 4.69) is 196 Å². The van der Waals surface area contributed by atoms with Gasteiger partial charge in [-0.2, -0.15) is 0 Å². The molecule has 0 fully saturated rings. The maximum atomic E-state index is 2.46. The van der Waals surface area contributed by atoms with Crippen LogP contribution in [0.5, 0.6) is 0 Å². The van der Waals surface area contributed by atoms with Gasteiger partial charge in [-0.3, -0.25) is 0 Å². The lowest BCUT2D eigenvalue weighted by atomic mass is 9.80. The van der Waals surface area contributed by atoms with Gasteiger partial charge in [0.1, 0.15) is 0 Å². The summed E-state index contributed by atoms with van der Waals surface area (Å²) in [5, 5.41) is 10.3. The third kappa shape index (κ3) is 4.25. The summed E-state index contributed by atoms with van der Waals surface area (Å²) in [6, 6.07) is 61.5. The first-order valence-corrected chi connectivity index (χ1v) is 18.8. The standard InChI is InChI=1S/C52H39N/c1-51(2)46-25-21-32-12-8-10-16-41(32)49(46)45-29-35-19-23-40(27-37(35)31-48(45)51)53(38-14-6-5-7-15-38)39-22-18-34-28-44-43-24-20-33-13-9-11-17-42(33)50(43)52(3,4)47(44)30-36(34)26-39/h5-31H,1-4H3. The highest BCUT2D eigenvalue weighted by Gasteiger charge is 2.38. The second kappa shape index (κ2) is 10.7. The van der Waals surface area contributed by atoms with E-state index in [-0.39, 0.29) is 10.8 Å². The van der Waals surface area contributed by atoms with Crippen LogP contribution in [0.2, 0.25) is 0 Å². The van der Waals surface area contributed by atoms with Crippen molar-refractivity contribution in [3.8, 4) is 22.3 Å². The van der Waals surface area contributed by atoms with Crippen LogP contribution in [0.15, 0.2) is 164 Å². The van der Waals surface area contributed by atoms with Crippen molar-refractivity contribution in [1.82, 2.24) is 0 Å². The van der Waals surface area contributed by atoms with Gasteiger partial charge in [0.15, 0.2) is 0 Å². The maximum Gasteiger partial charge on any atom is 0.0468 e. The van der Waals surface area contributed by atoms with Crippen LogP contribution < -0.4 is 4.90 Å². The zero-order valence-corrected chi connectivity index (χ0v) is 30.5. The number of anilines is 3. The van der Waals surface area contributed by atoms with E-state index in [4.69, 9.17) is 0 Å². The number of hydrogen-bond donors (Lipinski definition) is 0. The molecule has 53 heavy (non-hydrogen) atoms. The Morgan fingerprint density at radius 2 is 0.887 bits per heavy atom. The Hall–Kier alpha value is -6.18. The maximum absolute atomic E-state index is 2.46. The summed E-state index contributed by atoms with van der Waals surface area (Å²) in [5.74, 6) is 0. The van der Waals surface area contributed by atoms with Crippen LogP contribution in [-0.2, 0) is 10.8 Å². The lowest BCUT2D eigenvalue weighted by Crippen LogP contribution is -2.15. The fourth-order valence-corrected chi connectivity index (χ4v) is 9.87.